The number of halogens is 2. The third kappa shape index (κ3) is 4.40. The highest BCUT2D eigenvalue weighted by Crippen LogP contribution is 2.68. The molecule has 0 saturated carbocycles. The smallest absolute Gasteiger partial charge is 0.248 e. The number of para-hydroxylation sites is 1. The fourth-order valence-corrected chi connectivity index (χ4v) is 9.75. The molecule has 1 aromatic rings. The van der Waals surface area contributed by atoms with Gasteiger partial charge in [-0.1, -0.05) is 66.9 Å². The van der Waals surface area contributed by atoms with Gasteiger partial charge in [-0.05, 0) is 30.9 Å². The molecule has 0 aromatic heterocycles. The second-order valence-electron chi connectivity index (χ2n) is 9.80. The average Bonchev–Trinajstić information content (AvgIpc) is 3.43. The Balaban J connectivity index is 1.78. The molecule has 35 heavy (non-hydrogen) atoms. The van der Waals surface area contributed by atoms with E-state index in [-0.39, 0.29) is 40.3 Å². The van der Waals surface area contributed by atoms with Gasteiger partial charge in [0.15, 0.2) is 0 Å². The number of nitrogens with zero attached hydrogens (tertiary/aromatic N) is 1. The van der Waals surface area contributed by atoms with Gasteiger partial charge in [0.25, 0.3) is 0 Å². The first-order valence-electron chi connectivity index (χ1n) is 12.3. The van der Waals surface area contributed by atoms with Gasteiger partial charge in [-0.15, -0.1) is 11.8 Å². The van der Waals surface area contributed by atoms with Crippen molar-refractivity contribution >= 4 is 62.7 Å². The van der Waals surface area contributed by atoms with E-state index in [1.54, 1.807) is 40.9 Å². The molecule has 192 valence electrons. The fourth-order valence-electron chi connectivity index (χ4n) is 5.97. The lowest BCUT2D eigenvalue weighted by atomic mass is 9.70. The minimum absolute atomic E-state index is 0.000616. The van der Waals surface area contributed by atoms with Crippen LogP contribution in [0.1, 0.15) is 40.0 Å². The van der Waals surface area contributed by atoms with Gasteiger partial charge in [0.1, 0.15) is 6.04 Å². The molecule has 7 nitrogen and oxygen atoms in total. The number of thioether (sulfide) groups is 1. The summed E-state index contributed by atoms with van der Waals surface area (Å²) in [5.41, 5.74) is 0.473. The van der Waals surface area contributed by atoms with Crippen molar-refractivity contribution in [1.82, 2.24) is 10.2 Å². The standard InChI is InChI=1S/C25H33BrClN3O4S/c1-4-10-28-22(32)18-19-24(34)30(17(12-31)13(3)5-2)21(25(19)11-14(26)20(18)35-25)23(33)29-16-9-7-6-8-15(16)27/h6-9,13-14,17-21,31H,4-5,10-12H2,1-3H3,(H,28,32)(H,29,33)/t13-,14?,17-,18-,19-,20-,21?,25?/m0/s1. The summed E-state index contributed by atoms with van der Waals surface area (Å²) in [4.78, 5) is 43.0. The summed E-state index contributed by atoms with van der Waals surface area (Å²) in [5.74, 6) is -1.86. The largest absolute Gasteiger partial charge is 0.394 e. The van der Waals surface area contributed by atoms with E-state index in [0.717, 1.165) is 12.8 Å². The number of amides is 3. The highest BCUT2D eigenvalue weighted by atomic mass is 79.9. The van der Waals surface area contributed by atoms with Crippen LogP contribution < -0.4 is 10.6 Å². The van der Waals surface area contributed by atoms with Gasteiger partial charge in [0, 0.05) is 16.6 Å². The van der Waals surface area contributed by atoms with Gasteiger partial charge >= 0.3 is 0 Å². The summed E-state index contributed by atoms with van der Waals surface area (Å²) in [6.45, 7) is 6.26. The number of hydrogen-bond donors (Lipinski definition) is 3. The number of aliphatic hydroxyl groups excluding tert-OH is 1. The second kappa shape index (κ2) is 10.6. The number of aliphatic hydroxyl groups is 1. The number of hydrogen-bond acceptors (Lipinski definition) is 5. The van der Waals surface area contributed by atoms with Crippen molar-refractivity contribution < 1.29 is 19.5 Å². The molecule has 3 saturated heterocycles. The van der Waals surface area contributed by atoms with Crippen molar-refractivity contribution in [2.24, 2.45) is 17.8 Å². The van der Waals surface area contributed by atoms with Crippen molar-refractivity contribution in [3.8, 4) is 0 Å². The lowest BCUT2D eigenvalue weighted by molar-refractivity contribution is -0.143. The van der Waals surface area contributed by atoms with E-state index in [1.807, 2.05) is 20.8 Å². The van der Waals surface area contributed by atoms with Crippen LogP contribution in [0, 0.1) is 17.8 Å². The Morgan fingerprint density at radius 3 is 2.66 bits per heavy atom. The number of rotatable bonds is 9. The Morgan fingerprint density at radius 1 is 1.31 bits per heavy atom. The summed E-state index contributed by atoms with van der Waals surface area (Å²) >= 11 is 11.7. The zero-order valence-electron chi connectivity index (χ0n) is 20.2. The molecule has 8 atom stereocenters. The molecule has 3 N–H and O–H groups in total. The van der Waals surface area contributed by atoms with Crippen molar-refractivity contribution in [1.29, 1.82) is 0 Å². The molecule has 4 rings (SSSR count). The Bertz CT molecular complexity index is 999. The van der Waals surface area contributed by atoms with Gasteiger partial charge in [-0.2, -0.15) is 0 Å². The maximum Gasteiger partial charge on any atom is 0.248 e. The summed E-state index contributed by atoms with van der Waals surface area (Å²) in [6, 6.07) is 5.64. The molecule has 3 amide bonds. The number of carbonyl (C=O) groups is 3. The zero-order chi connectivity index (χ0) is 25.5. The van der Waals surface area contributed by atoms with Crippen LogP contribution in [0.5, 0.6) is 0 Å². The fraction of sp³-hybridized carbons (Fsp3) is 0.640. The number of alkyl halides is 1. The topological polar surface area (TPSA) is 98.7 Å². The molecule has 3 fully saturated rings. The molecule has 10 heteroatoms. The molecule has 3 aliphatic heterocycles. The first-order chi connectivity index (χ1) is 16.7. The van der Waals surface area contributed by atoms with Crippen molar-refractivity contribution in [3.63, 3.8) is 0 Å². The molecule has 1 aromatic carbocycles. The van der Waals surface area contributed by atoms with E-state index in [4.69, 9.17) is 11.6 Å². The van der Waals surface area contributed by atoms with Gasteiger partial charge in [0.05, 0.1) is 39.9 Å². The van der Waals surface area contributed by atoms with E-state index in [1.165, 1.54) is 0 Å². The molecule has 0 radical (unpaired) electrons. The van der Waals surface area contributed by atoms with Crippen LogP contribution >= 0.6 is 39.3 Å². The second-order valence-corrected chi connectivity index (χ2v) is 12.9. The summed E-state index contributed by atoms with van der Waals surface area (Å²) < 4.78 is -0.768. The zero-order valence-corrected chi connectivity index (χ0v) is 23.3. The number of likely N-dealkylation sites (tertiary alicyclic amines) is 1. The first-order valence-corrected chi connectivity index (χ1v) is 14.5. The molecule has 2 bridgehead atoms. The third-order valence-electron chi connectivity index (χ3n) is 7.80. The monoisotopic (exact) mass is 585 g/mol. The Kier molecular flexibility index (Phi) is 8.10. The highest BCUT2D eigenvalue weighted by Gasteiger charge is 2.76. The predicted molar refractivity (Wildman–Crippen MR) is 143 cm³/mol. The van der Waals surface area contributed by atoms with Gasteiger partial charge in [-0.3, -0.25) is 14.4 Å². The van der Waals surface area contributed by atoms with Crippen LogP contribution in [-0.4, -0.2) is 67.8 Å². The van der Waals surface area contributed by atoms with Crippen LogP contribution in [-0.2, 0) is 14.4 Å². The average molecular weight is 587 g/mol. The van der Waals surface area contributed by atoms with Crippen LogP contribution in [0.3, 0.4) is 0 Å². The highest BCUT2D eigenvalue weighted by molar-refractivity contribution is 9.09. The Hall–Kier alpha value is -1.29. The molecular formula is C25H33BrClN3O4S. The van der Waals surface area contributed by atoms with Crippen molar-refractivity contribution in [3.05, 3.63) is 29.3 Å². The molecule has 1 spiro atoms. The normalized spacial score (nSPS) is 32.9. The predicted octanol–water partition coefficient (Wildman–Crippen LogP) is 3.68. The molecule has 3 aliphatic rings. The number of carbonyl (C=O) groups excluding carboxylic acids is 3. The van der Waals surface area contributed by atoms with Crippen molar-refractivity contribution in [2.75, 3.05) is 18.5 Å². The minimum atomic E-state index is -0.832. The van der Waals surface area contributed by atoms with Gasteiger partial charge < -0.3 is 20.6 Å². The maximum absolute atomic E-state index is 14.1. The van der Waals surface area contributed by atoms with Crippen LogP contribution in [0.25, 0.3) is 0 Å². The molecule has 3 unspecified atom stereocenters. The Labute approximate surface area is 224 Å². The van der Waals surface area contributed by atoms with E-state index in [9.17, 15) is 19.5 Å². The summed E-state index contributed by atoms with van der Waals surface area (Å²) in [7, 11) is 0. The minimum Gasteiger partial charge on any atom is -0.394 e. The van der Waals surface area contributed by atoms with Crippen LogP contribution in [0.2, 0.25) is 5.02 Å². The lowest BCUT2D eigenvalue weighted by Gasteiger charge is -2.39. The van der Waals surface area contributed by atoms with Crippen LogP contribution in [0.4, 0.5) is 5.69 Å². The quantitative estimate of drug-likeness (QED) is 0.384. The number of fused-ring (bicyclic) bond motifs is 1. The van der Waals surface area contributed by atoms with Crippen LogP contribution in [0.15, 0.2) is 24.3 Å². The molecule has 3 heterocycles. The molecule has 0 aliphatic carbocycles. The number of nitrogens with one attached hydrogen (secondary N) is 2. The van der Waals surface area contributed by atoms with E-state index >= 15 is 0 Å². The van der Waals surface area contributed by atoms with Gasteiger partial charge in [-0.25, -0.2) is 0 Å². The lowest BCUT2D eigenvalue weighted by Crippen LogP contribution is -2.56. The maximum atomic E-state index is 14.1. The number of anilines is 1. The van der Waals surface area contributed by atoms with E-state index in [2.05, 4.69) is 26.6 Å². The van der Waals surface area contributed by atoms with E-state index < -0.39 is 28.7 Å². The summed E-state index contributed by atoms with van der Waals surface area (Å²) in [6.07, 6.45) is 2.13. The third-order valence-corrected chi connectivity index (χ3v) is 11.4. The van der Waals surface area contributed by atoms with Crippen molar-refractivity contribution in [2.45, 2.75) is 66.9 Å². The summed E-state index contributed by atoms with van der Waals surface area (Å²) in [5, 5.41) is 16.6. The number of benzene rings is 1. The first kappa shape index (κ1) is 26.8. The SMILES string of the molecule is CCCNC(=O)[C@H]1[C@H]2C(=O)N([C@@H](CO)[C@@H](C)CC)C(C(=O)Nc3ccccc3Cl)C23CC(Br)[C@@H]1S3. The molecular weight excluding hydrogens is 554 g/mol. The Morgan fingerprint density at radius 2 is 2.03 bits per heavy atom. The van der Waals surface area contributed by atoms with E-state index in [0.29, 0.717) is 23.7 Å². The van der Waals surface area contributed by atoms with Gasteiger partial charge in [0.2, 0.25) is 17.7 Å².